The number of hydrogen-bond acceptors (Lipinski definition) is 4. The largest absolute Gasteiger partial charge is 0.502 e. The third kappa shape index (κ3) is 3.03. The predicted molar refractivity (Wildman–Crippen MR) is 113 cm³/mol. The zero-order valence-corrected chi connectivity index (χ0v) is 17.3. The Kier molecular flexibility index (Phi) is 4.43. The molecule has 5 rings (SSSR count). The van der Waals surface area contributed by atoms with Gasteiger partial charge in [0.2, 0.25) is 5.43 Å². The molecule has 6 nitrogen and oxygen atoms in total. The van der Waals surface area contributed by atoms with E-state index in [9.17, 15) is 19.1 Å². The van der Waals surface area contributed by atoms with Gasteiger partial charge in [0.1, 0.15) is 5.82 Å². The molecule has 0 spiro atoms. The fourth-order valence-corrected chi connectivity index (χ4v) is 4.98. The first kappa shape index (κ1) is 19.5. The van der Waals surface area contributed by atoms with Crippen molar-refractivity contribution in [2.75, 3.05) is 13.6 Å². The molecule has 0 bridgehead atoms. The monoisotopic (exact) mass is 419 g/mol. The molecule has 1 aromatic heterocycles. The summed E-state index contributed by atoms with van der Waals surface area (Å²) in [6.07, 6.45) is 2.53. The van der Waals surface area contributed by atoms with E-state index in [0.717, 1.165) is 34.9 Å². The molecule has 2 aliphatic rings. The van der Waals surface area contributed by atoms with Gasteiger partial charge in [-0.3, -0.25) is 14.3 Å². The van der Waals surface area contributed by atoms with E-state index in [1.54, 1.807) is 13.1 Å². The lowest BCUT2D eigenvalue weighted by Crippen LogP contribution is -2.45. The molecule has 31 heavy (non-hydrogen) atoms. The number of likely N-dealkylation sites (N-methyl/N-ethyl adjacent to an activating group) is 1. The average Bonchev–Trinajstić information content (AvgIpc) is 2.89. The fraction of sp³-hybridized carbons (Fsp3) is 0.292. The van der Waals surface area contributed by atoms with E-state index in [4.69, 9.17) is 0 Å². The van der Waals surface area contributed by atoms with Gasteiger partial charge in [-0.05, 0) is 54.2 Å². The van der Waals surface area contributed by atoms with Gasteiger partial charge in [-0.15, -0.1) is 0 Å². The summed E-state index contributed by atoms with van der Waals surface area (Å²) in [6.45, 7) is 2.38. The minimum Gasteiger partial charge on any atom is -0.502 e. The summed E-state index contributed by atoms with van der Waals surface area (Å²) in [6, 6.07) is 10.8. The molecule has 0 saturated heterocycles. The second-order valence-electron chi connectivity index (χ2n) is 8.43. The summed E-state index contributed by atoms with van der Waals surface area (Å²) in [5, 5.41) is 14.7. The van der Waals surface area contributed by atoms with Gasteiger partial charge in [-0.25, -0.2) is 4.39 Å². The van der Waals surface area contributed by atoms with Crippen LogP contribution < -0.4 is 5.43 Å². The van der Waals surface area contributed by atoms with Gasteiger partial charge in [-0.1, -0.05) is 29.8 Å². The summed E-state index contributed by atoms with van der Waals surface area (Å²) in [5.41, 5.74) is 4.52. The van der Waals surface area contributed by atoms with E-state index in [2.05, 4.69) is 23.3 Å². The van der Waals surface area contributed by atoms with Gasteiger partial charge in [0, 0.05) is 19.5 Å². The smallest absolute Gasteiger partial charge is 0.275 e. The van der Waals surface area contributed by atoms with Gasteiger partial charge in [0.05, 0.1) is 12.2 Å². The molecule has 7 heteroatoms. The predicted octanol–water partition coefficient (Wildman–Crippen LogP) is 2.95. The number of aryl methyl sites for hydroxylation is 3. The SMILES string of the molecule is Cc1ccc2c(c1)CCc1cc(F)ccc1C2C1CN(C)C(=O)c2c(O)c(=O)cnn21. The van der Waals surface area contributed by atoms with Crippen LogP contribution >= 0.6 is 0 Å². The van der Waals surface area contributed by atoms with Gasteiger partial charge in [-0.2, -0.15) is 5.10 Å². The quantitative estimate of drug-likeness (QED) is 0.658. The van der Waals surface area contributed by atoms with Crippen LogP contribution in [0.15, 0.2) is 47.4 Å². The molecule has 3 aromatic rings. The average molecular weight is 419 g/mol. The molecule has 2 heterocycles. The van der Waals surface area contributed by atoms with Crippen molar-refractivity contribution in [3.05, 3.63) is 92.1 Å². The molecule has 1 aliphatic carbocycles. The van der Waals surface area contributed by atoms with Crippen LogP contribution in [-0.2, 0) is 12.8 Å². The number of rotatable bonds is 1. The van der Waals surface area contributed by atoms with Gasteiger partial charge in [0.25, 0.3) is 5.91 Å². The van der Waals surface area contributed by atoms with Gasteiger partial charge >= 0.3 is 0 Å². The third-order valence-corrected chi connectivity index (χ3v) is 6.43. The standard InChI is InChI=1S/C24H22FN3O3/c1-13-3-7-17-14(9-13)4-5-15-10-16(25)6-8-18(15)21(17)19-12-27(2)24(31)22-23(30)20(29)11-26-28(19)22/h3,6-11,19,21,30H,4-5,12H2,1-2H3. The van der Waals surface area contributed by atoms with Crippen LogP contribution in [0.4, 0.5) is 4.39 Å². The Morgan fingerprint density at radius 1 is 1.06 bits per heavy atom. The summed E-state index contributed by atoms with van der Waals surface area (Å²) in [5.74, 6) is -1.54. The summed E-state index contributed by atoms with van der Waals surface area (Å²) in [4.78, 5) is 26.3. The van der Waals surface area contributed by atoms with Crippen LogP contribution in [0.3, 0.4) is 0 Å². The first-order valence-corrected chi connectivity index (χ1v) is 10.3. The number of carbonyl (C=O) groups excluding carboxylic acids is 1. The van der Waals surface area contributed by atoms with E-state index in [1.165, 1.54) is 21.2 Å². The van der Waals surface area contributed by atoms with Crippen molar-refractivity contribution in [1.29, 1.82) is 0 Å². The molecule has 2 atom stereocenters. The molecule has 0 radical (unpaired) electrons. The zero-order chi connectivity index (χ0) is 21.9. The molecule has 0 saturated carbocycles. The maximum atomic E-state index is 14.1. The number of halogens is 1. The van der Waals surface area contributed by atoms with Crippen molar-refractivity contribution >= 4 is 5.91 Å². The number of benzene rings is 2. The van der Waals surface area contributed by atoms with E-state index in [-0.39, 0.29) is 23.5 Å². The maximum absolute atomic E-state index is 14.1. The van der Waals surface area contributed by atoms with Crippen molar-refractivity contribution in [1.82, 2.24) is 14.7 Å². The van der Waals surface area contributed by atoms with E-state index >= 15 is 0 Å². The molecule has 1 N–H and O–H groups in total. The molecule has 158 valence electrons. The normalized spacial score (nSPS) is 20.0. The van der Waals surface area contributed by atoms with E-state index in [0.29, 0.717) is 13.0 Å². The Morgan fingerprint density at radius 2 is 1.74 bits per heavy atom. The Morgan fingerprint density at radius 3 is 2.48 bits per heavy atom. The second kappa shape index (κ2) is 7.04. The fourth-order valence-electron chi connectivity index (χ4n) is 4.98. The zero-order valence-electron chi connectivity index (χ0n) is 17.3. The van der Waals surface area contributed by atoms with Crippen LogP contribution in [0.1, 0.15) is 50.3 Å². The van der Waals surface area contributed by atoms with Crippen LogP contribution in [0.25, 0.3) is 0 Å². The third-order valence-electron chi connectivity index (χ3n) is 6.43. The Labute approximate surface area is 178 Å². The number of hydrogen-bond donors (Lipinski definition) is 1. The molecule has 1 amide bonds. The van der Waals surface area contributed by atoms with Gasteiger partial charge in [0.15, 0.2) is 11.4 Å². The number of nitrogens with zero attached hydrogens (tertiary/aromatic N) is 3. The molecule has 0 fully saturated rings. The number of aromatic hydroxyl groups is 1. The number of carbonyl (C=O) groups is 1. The Bertz CT molecular complexity index is 1230. The number of aromatic nitrogens is 2. The van der Waals surface area contributed by atoms with Crippen molar-refractivity contribution in [2.45, 2.75) is 31.7 Å². The topological polar surface area (TPSA) is 75.4 Å². The first-order chi connectivity index (χ1) is 14.8. The van der Waals surface area contributed by atoms with Crippen molar-refractivity contribution in [2.24, 2.45) is 0 Å². The Balaban J connectivity index is 1.79. The number of amides is 1. The minimum atomic E-state index is -0.687. The van der Waals surface area contributed by atoms with Crippen molar-refractivity contribution in [3.8, 4) is 5.75 Å². The summed E-state index contributed by atoms with van der Waals surface area (Å²) >= 11 is 0. The summed E-state index contributed by atoms with van der Waals surface area (Å²) in [7, 11) is 1.65. The van der Waals surface area contributed by atoms with Crippen LogP contribution in [0.2, 0.25) is 0 Å². The Hall–Kier alpha value is -3.48. The summed E-state index contributed by atoms with van der Waals surface area (Å²) < 4.78 is 15.6. The van der Waals surface area contributed by atoms with Crippen LogP contribution in [0.5, 0.6) is 5.75 Å². The highest BCUT2D eigenvalue weighted by molar-refractivity contribution is 5.95. The number of fused-ring (bicyclic) bond motifs is 3. The minimum absolute atomic E-state index is 0.104. The van der Waals surface area contributed by atoms with E-state index in [1.807, 2.05) is 13.0 Å². The van der Waals surface area contributed by atoms with Crippen LogP contribution in [-0.4, -0.2) is 39.3 Å². The van der Waals surface area contributed by atoms with Crippen molar-refractivity contribution in [3.63, 3.8) is 0 Å². The van der Waals surface area contributed by atoms with Crippen LogP contribution in [0, 0.1) is 12.7 Å². The van der Waals surface area contributed by atoms with Gasteiger partial charge < -0.3 is 10.0 Å². The molecule has 1 aliphatic heterocycles. The molecular weight excluding hydrogens is 397 g/mol. The molecular formula is C24H22FN3O3. The molecule has 2 unspecified atom stereocenters. The lowest BCUT2D eigenvalue weighted by Gasteiger charge is -2.38. The highest BCUT2D eigenvalue weighted by Crippen LogP contribution is 2.43. The lowest BCUT2D eigenvalue weighted by atomic mass is 9.81. The van der Waals surface area contributed by atoms with Crippen molar-refractivity contribution < 1.29 is 14.3 Å². The molecule has 2 aromatic carbocycles. The lowest BCUT2D eigenvalue weighted by molar-refractivity contribution is 0.0686. The second-order valence-corrected chi connectivity index (χ2v) is 8.43. The van der Waals surface area contributed by atoms with E-state index < -0.39 is 17.1 Å². The highest BCUT2D eigenvalue weighted by atomic mass is 19.1. The highest BCUT2D eigenvalue weighted by Gasteiger charge is 2.40. The first-order valence-electron chi connectivity index (χ1n) is 10.3. The maximum Gasteiger partial charge on any atom is 0.275 e.